The molecule has 1 aromatic heterocycles. The standard InChI is InChI=1S/C8H13BN2O4/c1-5-7(9(12)13)4-10-6(2)8(5)11(14)15-3/h4,11-13H,1-3H3. The van der Waals surface area contributed by atoms with Crippen LogP contribution in [0.1, 0.15) is 11.3 Å². The van der Waals surface area contributed by atoms with E-state index in [-0.39, 0.29) is 11.2 Å². The van der Waals surface area contributed by atoms with Crippen LogP contribution in [0.3, 0.4) is 0 Å². The van der Waals surface area contributed by atoms with Crippen LogP contribution >= 0.6 is 0 Å². The molecule has 1 atom stereocenters. The molecule has 0 aliphatic carbocycles. The molecule has 0 saturated heterocycles. The Labute approximate surface area is 87.8 Å². The summed E-state index contributed by atoms with van der Waals surface area (Å²) >= 11 is 0. The molecule has 0 radical (unpaired) electrons. The van der Waals surface area contributed by atoms with Crippen molar-refractivity contribution in [1.82, 2.24) is 4.98 Å². The number of nitrogens with zero attached hydrogens (tertiary/aromatic N) is 1. The third kappa shape index (κ3) is 2.33. The number of nitrogens with one attached hydrogen (secondary N) is 1. The van der Waals surface area contributed by atoms with E-state index in [1.807, 2.05) is 0 Å². The molecule has 0 saturated carbocycles. The molecule has 0 bridgehead atoms. The van der Waals surface area contributed by atoms with E-state index in [2.05, 4.69) is 9.82 Å². The zero-order valence-electron chi connectivity index (χ0n) is 8.81. The quantitative estimate of drug-likeness (QED) is 0.396. The second-order valence-corrected chi connectivity index (χ2v) is 3.16. The minimum Gasteiger partial charge on any atom is -0.595 e. The van der Waals surface area contributed by atoms with E-state index in [4.69, 9.17) is 10.0 Å². The lowest BCUT2D eigenvalue weighted by Crippen LogP contribution is -3.01. The largest absolute Gasteiger partial charge is 0.595 e. The topological polar surface area (TPSA) is 90.1 Å². The Hall–Kier alpha value is -0.985. The number of hydrogen-bond acceptors (Lipinski definition) is 5. The Kier molecular flexibility index (Phi) is 3.78. The summed E-state index contributed by atoms with van der Waals surface area (Å²) < 4.78 is 0. The van der Waals surface area contributed by atoms with Gasteiger partial charge in [0.05, 0.1) is 7.11 Å². The van der Waals surface area contributed by atoms with Gasteiger partial charge in [-0.25, -0.2) is 4.84 Å². The van der Waals surface area contributed by atoms with Gasteiger partial charge in [0.15, 0.2) is 5.69 Å². The van der Waals surface area contributed by atoms with Crippen LogP contribution in [0, 0.1) is 19.1 Å². The molecule has 15 heavy (non-hydrogen) atoms. The highest BCUT2D eigenvalue weighted by atomic mass is 16.9. The predicted octanol–water partition coefficient (Wildman–Crippen LogP) is -2.05. The Bertz CT molecular complexity index is 359. The molecule has 0 amide bonds. The highest BCUT2D eigenvalue weighted by molar-refractivity contribution is 6.59. The van der Waals surface area contributed by atoms with Crippen LogP contribution in [-0.2, 0) is 4.84 Å². The molecule has 0 fully saturated rings. The van der Waals surface area contributed by atoms with Gasteiger partial charge in [-0.05, 0) is 13.8 Å². The van der Waals surface area contributed by atoms with Crippen LogP contribution in [0.25, 0.3) is 0 Å². The van der Waals surface area contributed by atoms with Crippen molar-refractivity contribution in [3.8, 4) is 0 Å². The van der Waals surface area contributed by atoms with Crippen LogP contribution < -0.4 is 10.7 Å². The van der Waals surface area contributed by atoms with Gasteiger partial charge in [0, 0.05) is 17.2 Å². The fourth-order valence-corrected chi connectivity index (χ4v) is 1.41. The molecule has 3 N–H and O–H groups in total. The van der Waals surface area contributed by atoms with Crippen molar-refractivity contribution in [3.63, 3.8) is 0 Å². The summed E-state index contributed by atoms with van der Waals surface area (Å²) in [5.41, 5.74) is 1.47. The van der Waals surface area contributed by atoms with E-state index >= 15 is 0 Å². The molecule has 1 aromatic rings. The van der Waals surface area contributed by atoms with Crippen LogP contribution in [0.4, 0.5) is 5.69 Å². The van der Waals surface area contributed by atoms with E-state index in [1.165, 1.54) is 13.3 Å². The van der Waals surface area contributed by atoms with Crippen LogP contribution in [0.5, 0.6) is 0 Å². The third-order valence-electron chi connectivity index (χ3n) is 2.23. The lowest BCUT2D eigenvalue weighted by Gasteiger charge is -2.21. The summed E-state index contributed by atoms with van der Waals surface area (Å²) in [6.45, 7) is 3.28. The molecular weight excluding hydrogens is 199 g/mol. The van der Waals surface area contributed by atoms with Crippen LogP contribution in [0.2, 0.25) is 0 Å². The van der Waals surface area contributed by atoms with Gasteiger partial charge < -0.3 is 15.3 Å². The first-order valence-electron chi connectivity index (χ1n) is 4.39. The van der Waals surface area contributed by atoms with Gasteiger partial charge in [-0.15, -0.1) is 0 Å². The van der Waals surface area contributed by atoms with E-state index in [0.29, 0.717) is 11.3 Å². The molecule has 0 aliphatic rings. The van der Waals surface area contributed by atoms with Crippen molar-refractivity contribution in [1.29, 1.82) is 0 Å². The van der Waals surface area contributed by atoms with Crippen molar-refractivity contribution < 1.29 is 20.1 Å². The Balaban J connectivity index is 3.30. The van der Waals surface area contributed by atoms with Crippen molar-refractivity contribution in [3.05, 3.63) is 22.7 Å². The first-order valence-corrected chi connectivity index (χ1v) is 4.39. The number of pyridine rings is 1. The third-order valence-corrected chi connectivity index (χ3v) is 2.23. The summed E-state index contributed by atoms with van der Waals surface area (Å²) in [5, 5.41) is 29.0. The lowest BCUT2D eigenvalue weighted by molar-refractivity contribution is -0.992. The first kappa shape index (κ1) is 12.1. The van der Waals surface area contributed by atoms with Crippen molar-refractivity contribution in [2.24, 2.45) is 0 Å². The van der Waals surface area contributed by atoms with Crippen molar-refractivity contribution >= 4 is 18.3 Å². The van der Waals surface area contributed by atoms with Crippen LogP contribution in [-0.4, -0.2) is 29.3 Å². The Morgan fingerprint density at radius 3 is 2.53 bits per heavy atom. The van der Waals surface area contributed by atoms with E-state index in [9.17, 15) is 5.21 Å². The van der Waals surface area contributed by atoms with E-state index in [0.717, 1.165) is 0 Å². The minimum absolute atomic E-state index is 0.209. The number of hydrogen-bond donors (Lipinski definition) is 3. The van der Waals surface area contributed by atoms with Gasteiger partial charge in [0.25, 0.3) is 0 Å². The number of aromatic nitrogens is 1. The molecule has 7 heteroatoms. The zero-order valence-corrected chi connectivity index (χ0v) is 8.81. The van der Waals surface area contributed by atoms with Gasteiger partial charge in [-0.2, -0.15) is 5.23 Å². The second kappa shape index (κ2) is 4.69. The zero-order chi connectivity index (χ0) is 11.6. The van der Waals surface area contributed by atoms with Crippen molar-refractivity contribution in [2.45, 2.75) is 13.8 Å². The highest BCUT2D eigenvalue weighted by Gasteiger charge is 2.22. The summed E-state index contributed by atoms with van der Waals surface area (Å²) in [5.74, 6) is 0. The van der Waals surface area contributed by atoms with Crippen molar-refractivity contribution in [2.75, 3.05) is 7.11 Å². The second-order valence-electron chi connectivity index (χ2n) is 3.16. The van der Waals surface area contributed by atoms with Gasteiger partial charge in [-0.1, -0.05) is 0 Å². The van der Waals surface area contributed by atoms with Crippen LogP contribution in [0.15, 0.2) is 6.20 Å². The average molecular weight is 212 g/mol. The Morgan fingerprint density at radius 1 is 1.47 bits per heavy atom. The SMILES string of the molecule is CO[NH+]([O-])c1c(C)ncc(B(O)O)c1C. The predicted molar refractivity (Wildman–Crippen MR) is 54.5 cm³/mol. The lowest BCUT2D eigenvalue weighted by atomic mass is 9.78. The first-order chi connectivity index (χ1) is 6.99. The number of quaternary nitrogens is 1. The molecule has 0 spiro atoms. The molecule has 0 aliphatic heterocycles. The normalized spacial score (nSPS) is 12.7. The number of rotatable bonds is 3. The average Bonchev–Trinajstić information content (AvgIpc) is 2.16. The molecular formula is C8H13BN2O4. The van der Waals surface area contributed by atoms with E-state index in [1.54, 1.807) is 13.8 Å². The summed E-state index contributed by atoms with van der Waals surface area (Å²) in [6.07, 6.45) is 1.34. The number of aryl methyl sites for hydroxylation is 1. The maximum Gasteiger partial charge on any atom is 0.490 e. The van der Waals surface area contributed by atoms with Gasteiger partial charge in [-0.3, -0.25) is 4.98 Å². The van der Waals surface area contributed by atoms with Gasteiger partial charge in [0.1, 0.15) is 5.69 Å². The van der Waals surface area contributed by atoms with Gasteiger partial charge in [0.2, 0.25) is 0 Å². The maximum atomic E-state index is 11.4. The molecule has 0 aromatic carbocycles. The summed E-state index contributed by atoms with van der Waals surface area (Å²) in [7, 11) is -0.370. The Morgan fingerprint density at radius 2 is 2.07 bits per heavy atom. The fourth-order valence-electron chi connectivity index (χ4n) is 1.41. The molecule has 6 nitrogen and oxygen atoms in total. The van der Waals surface area contributed by atoms with E-state index < -0.39 is 12.3 Å². The molecule has 1 rings (SSSR count). The maximum absolute atomic E-state index is 11.4. The molecule has 1 unspecified atom stereocenters. The summed E-state index contributed by atoms with van der Waals surface area (Å²) in [6, 6.07) is 0. The smallest absolute Gasteiger partial charge is 0.490 e. The highest BCUT2D eigenvalue weighted by Crippen LogP contribution is 2.10. The molecule has 1 heterocycles. The molecule has 82 valence electrons. The van der Waals surface area contributed by atoms with Gasteiger partial charge >= 0.3 is 7.12 Å². The minimum atomic E-state index is -1.64. The summed E-state index contributed by atoms with van der Waals surface area (Å²) in [4.78, 5) is 8.50. The fraction of sp³-hybridized carbons (Fsp3) is 0.375. The monoisotopic (exact) mass is 212 g/mol.